The Kier molecular flexibility index (Phi) is 4.17. The van der Waals surface area contributed by atoms with Crippen LogP contribution in [0.1, 0.15) is 39.7 Å². The lowest BCUT2D eigenvalue weighted by Crippen LogP contribution is -2.16. The summed E-state index contributed by atoms with van der Waals surface area (Å²) in [4.78, 5) is 4.79. The Balaban J connectivity index is 2.58. The van der Waals surface area contributed by atoms with Crippen LogP contribution in [0, 0.1) is 0 Å². The molecule has 0 bridgehead atoms. The zero-order valence-corrected chi connectivity index (χ0v) is 13.1. The van der Waals surface area contributed by atoms with Crippen LogP contribution in [-0.2, 0) is 5.41 Å². The zero-order valence-electron chi connectivity index (χ0n) is 13.1. The number of hydrogen-bond donors (Lipinski definition) is 1. The minimum atomic E-state index is 0.0559. The van der Waals surface area contributed by atoms with Gasteiger partial charge in [-0.05, 0) is 36.1 Å². The Bertz CT molecular complexity index is 600. The number of ether oxygens (including phenoxy) is 1. The van der Waals surface area contributed by atoms with Gasteiger partial charge in [-0.3, -0.25) is 0 Å². The number of fused-ring (bicyclic) bond motifs is 1. The van der Waals surface area contributed by atoms with E-state index in [1.54, 1.807) is 7.11 Å². The average Bonchev–Trinajstić information content (AvgIpc) is 2.42. The van der Waals surface area contributed by atoms with E-state index in [1.807, 2.05) is 18.2 Å². The van der Waals surface area contributed by atoms with E-state index in [9.17, 15) is 0 Å². The Hall–Kier alpha value is -1.77. The number of nitrogens with zero attached hydrogens (tertiary/aromatic N) is 1. The first-order valence-electron chi connectivity index (χ1n) is 7.19. The third-order valence-electron chi connectivity index (χ3n) is 3.37. The fraction of sp³-hybridized carbons (Fsp3) is 0.471. The van der Waals surface area contributed by atoms with Gasteiger partial charge in [-0.2, -0.15) is 0 Å². The van der Waals surface area contributed by atoms with E-state index in [-0.39, 0.29) is 5.41 Å². The minimum absolute atomic E-state index is 0.0559. The highest BCUT2D eigenvalue weighted by molar-refractivity contribution is 5.83. The Morgan fingerprint density at radius 1 is 1.20 bits per heavy atom. The summed E-state index contributed by atoms with van der Waals surface area (Å²) in [6.07, 6.45) is 1.09. The van der Waals surface area contributed by atoms with Gasteiger partial charge in [0, 0.05) is 17.5 Å². The predicted molar refractivity (Wildman–Crippen MR) is 85.8 cm³/mol. The Morgan fingerprint density at radius 2 is 1.95 bits per heavy atom. The topological polar surface area (TPSA) is 34.2 Å². The van der Waals surface area contributed by atoms with Gasteiger partial charge in [-0.15, -0.1) is 0 Å². The largest absolute Gasteiger partial charge is 0.497 e. The second-order valence-electron chi connectivity index (χ2n) is 6.12. The number of pyridine rings is 1. The first-order valence-corrected chi connectivity index (χ1v) is 7.19. The van der Waals surface area contributed by atoms with Gasteiger partial charge in [0.15, 0.2) is 0 Å². The molecule has 1 N–H and O–H groups in total. The van der Waals surface area contributed by atoms with Gasteiger partial charge in [0.25, 0.3) is 0 Å². The number of methoxy groups -OCH3 is 1. The quantitative estimate of drug-likeness (QED) is 0.897. The molecule has 0 aliphatic carbocycles. The molecule has 0 amide bonds. The van der Waals surface area contributed by atoms with Crippen molar-refractivity contribution in [1.29, 1.82) is 0 Å². The molecule has 0 fully saturated rings. The summed E-state index contributed by atoms with van der Waals surface area (Å²) in [6, 6.07) is 8.23. The van der Waals surface area contributed by atoms with Gasteiger partial charge in [0.05, 0.1) is 12.6 Å². The molecule has 108 valence electrons. The lowest BCUT2D eigenvalue weighted by Gasteiger charge is -2.23. The summed E-state index contributed by atoms with van der Waals surface area (Å²) in [7, 11) is 1.69. The van der Waals surface area contributed by atoms with Crippen molar-refractivity contribution in [2.24, 2.45) is 0 Å². The molecular formula is C17H24N2O. The molecule has 0 saturated carbocycles. The number of benzene rings is 1. The van der Waals surface area contributed by atoms with Crippen LogP contribution < -0.4 is 10.1 Å². The summed E-state index contributed by atoms with van der Waals surface area (Å²) in [5, 5.41) is 4.57. The fourth-order valence-electron chi connectivity index (χ4n) is 2.23. The van der Waals surface area contributed by atoms with Crippen LogP contribution in [-0.4, -0.2) is 18.6 Å². The lowest BCUT2D eigenvalue weighted by molar-refractivity contribution is 0.415. The van der Waals surface area contributed by atoms with Crippen molar-refractivity contribution in [3.63, 3.8) is 0 Å². The van der Waals surface area contributed by atoms with Crippen molar-refractivity contribution >= 4 is 16.7 Å². The maximum atomic E-state index is 5.30. The van der Waals surface area contributed by atoms with Gasteiger partial charge in [-0.1, -0.05) is 27.7 Å². The molecule has 3 nitrogen and oxygen atoms in total. The van der Waals surface area contributed by atoms with Crippen molar-refractivity contribution in [3.8, 4) is 5.75 Å². The molecule has 3 heteroatoms. The summed E-state index contributed by atoms with van der Waals surface area (Å²) < 4.78 is 5.30. The molecule has 1 aromatic heterocycles. The monoisotopic (exact) mass is 272 g/mol. The SMILES string of the molecule is CCCNc1nc2ccc(OC)cc2cc1C(C)(C)C. The maximum absolute atomic E-state index is 5.30. The van der Waals surface area contributed by atoms with E-state index < -0.39 is 0 Å². The van der Waals surface area contributed by atoms with E-state index in [0.717, 1.165) is 35.4 Å². The van der Waals surface area contributed by atoms with Crippen molar-refractivity contribution in [2.45, 2.75) is 39.5 Å². The van der Waals surface area contributed by atoms with Crippen LogP contribution in [0.4, 0.5) is 5.82 Å². The van der Waals surface area contributed by atoms with Gasteiger partial charge >= 0.3 is 0 Å². The smallest absolute Gasteiger partial charge is 0.130 e. The number of aromatic nitrogens is 1. The minimum Gasteiger partial charge on any atom is -0.497 e. The van der Waals surface area contributed by atoms with E-state index >= 15 is 0 Å². The van der Waals surface area contributed by atoms with Crippen LogP contribution in [0.25, 0.3) is 10.9 Å². The van der Waals surface area contributed by atoms with Crippen LogP contribution in [0.3, 0.4) is 0 Å². The maximum Gasteiger partial charge on any atom is 0.130 e. The van der Waals surface area contributed by atoms with Gasteiger partial charge in [-0.25, -0.2) is 4.98 Å². The van der Waals surface area contributed by atoms with Crippen molar-refractivity contribution in [1.82, 2.24) is 4.98 Å². The number of anilines is 1. The molecule has 1 heterocycles. The third-order valence-corrected chi connectivity index (χ3v) is 3.37. The summed E-state index contributed by atoms with van der Waals surface area (Å²) in [6.45, 7) is 9.75. The van der Waals surface area contributed by atoms with E-state index in [2.05, 4.69) is 39.1 Å². The lowest BCUT2D eigenvalue weighted by atomic mass is 9.86. The highest BCUT2D eigenvalue weighted by Crippen LogP contribution is 2.32. The average molecular weight is 272 g/mol. The number of nitrogens with one attached hydrogen (secondary N) is 1. The molecule has 0 unspecified atom stereocenters. The van der Waals surface area contributed by atoms with Crippen LogP contribution in [0.5, 0.6) is 5.75 Å². The Labute approximate surface area is 121 Å². The van der Waals surface area contributed by atoms with Gasteiger partial charge < -0.3 is 10.1 Å². The standard InChI is InChI=1S/C17H24N2O/c1-6-9-18-16-14(17(2,3)4)11-12-10-13(20-5)7-8-15(12)19-16/h7-8,10-11H,6,9H2,1-5H3,(H,18,19). The molecule has 0 atom stereocenters. The molecule has 2 aromatic rings. The molecule has 0 spiro atoms. The summed E-state index contributed by atoms with van der Waals surface area (Å²) >= 11 is 0. The van der Waals surface area contributed by atoms with E-state index in [1.165, 1.54) is 5.56 Å². The molecule has 0 aliphatic heterocycles. The third kappa shape index (κ3) is 3.03. The van der Waals surface area contributed by atoms with Crippen molar-refractivity contribution in [3.05, 3.63) is 29.8 Å². The molecule has 20 heavy (non-hydrogen) atoms. The zero-order chi connectivity index (χ0) is 14.8. The first-order chi connectivity index (χ1) is 9.45. The highest BCUT2D eigenvalue weighted by atomic mass is 16.5. The summed E-state index contributed by atoms with van der Waals surface area (Å²) in [5.74, 6) is 1.87. The normalized spacial score (nSPS) is 11.7. The summed E-state index contributed by atoms with van der Waals surface area (Å²) in [5.41, 5.74) is 2.30. The van der Waals surface area contributed by atoms with Crippen molar-refractivity contribution < 1.29 is 4.74 Å². The van der Waals surface area contributed by atoms with Crippen LogP contribution >= 0.6 is 0 Å². The fourth-order valence-corrected chi connectivity index (χ4v) is 2.23. The molecule has 0 saturated heterocycles. The number of hydrogen-bond acceptors (Lipinski definition) is 3. The van der Waals surface area contributed by atoms with Gasteiger partial charge in [0.2, 0.25) is 0 Å². The van der Waals surface area contributed by atoms with Crippen molar-refractivity contribution in [2.75, 3.05) is 19.0 Å². The van der Waals surface area contributed by atoms with Crippen LogP contribution in [0.15, 0.2) is 24.3 Å². The molecule has 1 aromatic carbocycles. The second kappa shape index (κ2) is 5.70. The molecule has 0 aliphatic rings. The van der Waals surface area contributed by atoms with E-state index in [4.69, 9.17) is 9.72 Å². The molecule has 2 rings (SSSR count). The number of rotatable bonds is 4. The first kappa shape index (κ1) is 14.6. The Morgan fingerprint density at radius 3 is 2.55 bits per heavy atom. The molecule has 0 radical (unpaired) electrons. The van der Waals surface area contributed by atoms with Gasteiger partial charge in [0.1, 0.15) is 11.6 Å². The highest BCUT2D eigenvalue weighted by Gasteiger charge is 2.20. The second-order valence-corrected chi connectivity index (χ2v) is 6.12. The predicted octanol–water partition coefficient (Wildman–Crippen LogP) is 4.36. The molecular weight excluding hydrogens is 248 g/mol. The van der Waals surface area contributed by atoms with E-state index in [0.29, 0.717) is 0 Å². The van der Waals surface area contributed by atoms with Crippen LogP contribution in [0.2, 0.25) is 0 Å².